The highest BCUT2D eigenvalue weighted by atomic mass is 35.5. The van der Waals surface area contributed by atoms with Gasteiger partial charge in [-0.3, -0.25) is 4.90 Å². The molecule has 1 aliphatic heterocycles. The SMILES string of the molecule is Clc1ccc(CSc2nnc3c4c5c(sc4n4c(SCc6ccc(Cl)c(Cl)c6)nnc4n23)CN(Cc2ccccc2)CC5)cc1Cl. The molecule has 4 aromatic heterocycles. The number of hydrogen-bond donors (Lipinski definition) is 0. The average Bonchev–Trinajstić information content (AvgIpc) is 3.77. The minimum atomic E-state index is 0.530. The van der Waals surface area contributed by atoms with Crippen molar-refractivity contribution in [1.29, 1.82) is 0 Å². The summed E-state index contributed by atoms with van der Waals surface area (Å²) in [6.07, 6.45) is 0.926. The van der Waals surface area contributed by atoms with Gasteiger partial charge in [-0.2, -0.15) is 0 Å². The van der Waals surface area contributed by atoms with Gasteiger partial charge in [-0.25, -0.2) is 8.80 Å². The zero-order valence-electron chi connectivity index (χ0n) is 24.0. The molecule has 232 valence electrons. The summed E-state index contributed by atoms with van der Waals surface area (Å²) in [4.78, 5) is 4.94. The Morgan fingerprint density at radius 2 is 1.35 bits per heavy atom. The first-order chi connectivity index (χ1) is 22.4. The number of fused-ring (bicyclic) bond motifs is 8. The summed E-state index contributed by atoms with van der Waals surface area (Å²) < 4.78 is 4.21. The standard InChI is InChI=1S/C32H23Cl4N7S3/c33-22-8-6-19(12-24(22)35)16-44-31-39-37-28-27-21-10-11-41(14-18-4-2-1-3-5-18)15-26(21)46-29(27)43-30(42(28)31)38-40-32(43)45-17-20-7-9-23(34)25(36)13-20/h1-9,12-13H,10-11,14-17H2. The highest BCUT2D eigenvalue weighted by Crippen LogP contribution is 2.41. The molecule has 0 saturated heterocycles. The number of thiophene rings is 1. The van der Waals surface area contributed by atoms with Gasteiger partial charge in [-0.15, -0.1) is 31.7 Å². The lowest BCUT2D eigenvalue weighted by Crippen LogP contribution is -2.29. The van der Waals surface area contributed by atoms with Crippen LogP contribution in [0, 0.1) is 0 Å². The molecule has 0 N–H and O–H groups in total. The smallest absolute Gasteiger partial charge is 0.245 e. The first-order valence-corrected chi connectivity index (χ1v) is 18.7. The van der Waals surface area contributed by atoms with Crippen molar-refractivity contribution in [3.8, 4) is 0 Å². The van der Waals surface area contributed by atoms with Gasteiger partial charge in [0, 0.05) is 36.0 Å². The van der Waals surface area contributed by atoms with Gasteiger partial charge in [-0.1, -0.05) is 112 Å². The van der Waals surface area contributed by atoms with Crippen LogP contribution in [0.25, 0.3) is 21.6 Å². The molecular weight excluding hydrogens is 720 g/mol. The molecule has 7 nitrogen and oxygen atoms in total. The molecule has 0 spiro atoms. The first kappa shape index (κ1) is 30.8. The Labute approximate surface area is 296 Å². The van der Waals surface area contributed by atoms with E-state index in [0.29, 0.717) is 37.4 Å². The van der Waals surface area contributed by atoms with Gasteiger partial charge in [0.25, 0.3) is 0 Å². The van der Waals surface area contributed by atoms with Crippen LogP contribution in [0.15, 0.2) is 77.0 Å². The molecule has 0 amide bonds. The van der Waals surface area contributed by atoms with Crippen LogP contribution in [0.2, 0.25) is 20.1 Å². The maximum atomic E-state index is 6.32. The average molecular weight is 744 g/mol. The van der Waals surface area contributed by atoms with Gasteiger partial charge in [0.1, 0.15) is 4.83 Å². The summed E-state index contributed by atoms with van der Waals surface area (Å²) >= 11 is 29.9. The highest BCUT2D eigenvalue weighted by Gasteiger charge is 2.28. The van der Waals surface area contributed by atoms with Gasteiger partial charge >= 0.3 is 0 Å². The number of benzene rings is 3. The predicted octanol–water partition coefficient (Wildman–Crippen LogP) is 9.74. The van der Waals surface area contributed by atoms with Gasteiger partial charge in [0.2, 0.25) is 5.78 Å². The fourth-order valence-corrected chi connectivity index (χ4v) is 9.58. The van der Waals surface area contributed by atoms with E-state index < -0.39 is 0 Å². The van der Waals surface area contributed by atoms with Crippen LogP contribution in [0.4, 0.5) is 0 Å². The molecular formula is C32H23Cl4N7S3. The molecule has 14 heteroatoms. The topological polar surface area (TPSA) is 63.6 Å². The third kappa shape index (κ3) is 5.77. The summed E-state index contributed by atoms with van der Waals surface area (Å²) in [5, 5.41) is 23.6. The minimum absolute atomic E-state index is 0.530. The number of aromatic nitrogens is 6. The van der Waals surface area contributed by atoms with Crippen molar-refractivity contribution >= 4 is 103 Å². The molecule has 0 radical (unpaired) electrons. The second-order valence-electron chi connectivity index (χ2n) is 11.0. The Bertz CT molecular complexity index is 2250. The third-order valence-corrected chi connectivity index (χ3v) is 12.6. The molecule has 7 aromatic rings. The molecule has 0 saturated carbocycles. The van der Waals surface area contributed by atoms with Gasteiger partial charge in [0.05, 0.1) is 25.5 Å². The molecule has 0 aliphatic carbocycles. The molecule has 3 aromatic carbocycles. The lowest BCUT2D eigenvalue weighted by Gasteiger charge is -2.26. The van der Waals surface area contributed by atoms with Crippen molar-refractivity contribution in [2.24, 2.45) is 0 Å². The summed E-state index contributed by atoms with van der Waals surface area (Å²) in [5.74, 6) is 1.99. The van der Waals surface area contributed by atoms with Crippen molar-refractivity contribution < 1.29 is 0 Å². The van der Waals surface area contributed by atoms with Crippen LogP contribution in [-0.4, -0.2) is 40.6 Å². The lowest BCUT2D eigenvalue weighted by atomic mass is 10.0. The second-order valence-corrected chi connectivity index (χ2v) is 15.6. The molecule has 5 heterocycles. The van der Waals surface area contributed by atoms with E-state index in [-0.39, 0.29) is 0 Å². The van der Waals surface area contributed by atoms with Gasteiger partial charge in [-0.05, 0) is 52.9 Å². The summed E-state index contributed by atoms with van der Waals surface area (Å²) in [5.41, 5.74) is 5.55. The van der Waals surface area contributed by atoms with E-state index >= 15 is 0 Å². The third-order valence-electron chi connectivity index (χ3n) is 7.95. The van der Waals surface area contributed by atoms with Crippen LogP contribution >= 0.6 is 81.3 Å². The number of hydrogen-bond acceptors (Lipinski definition) is 8. The molecule has 0 fully saturated rings. The van der Waals surface area contributed by atoms with Crippen LogP contribution < -0.4 is 0 Å². The van der Waals surface area contributed by atoms with Crippen LogP contribution in [-0.2, 0) is 31.0 Å². The monoisotopic (exact) mass is 741 g/mol. The molecule has 0 unspecified atom stereocenters. The fourth-order valence-electron chi connectivity index (χ4n) is 5.75. The van der Waals surface area contributed by atoms with E-state index in [1.54, 1.807) is 34.9 Å². The van der Waals surface area contributed by atoms with Crippen LogP contribution in [0.5, 0.6) is 0 Å². The predicted molar refractivity (Wildman–Crippen MR) is 191 cm³/mol. The van der Waals surface area contributed by atoms with Crippen LogP contribution in [0.3, 0.4) is 0 Å². The van der Waals surface area contributed by atoms with E-state index in [4.69, 9.17) is 56.6 Å². The highest BCUT2D eigenvalue weighted by molar-refractivity contribution is 7.98. The van der Waals surface area contributed by atoms with Crippen LogP contribution in [0.1, 0.15) is 27.1 Å². The van der Waals surface area contributed by atoms with E-state index in [1.807, 2.05) is 40.8 Å². The van der Waals surface area contributed by atoms with E-state index in [2.05, 4.69) is 49.8 Å². The largest absolute Gasteiger partial charge is 0.294 e. The van der Waals surface area contributed by atoms with E-state index in [0.717, 1.165) is 63.4 Å². The van der Waals surface area contributed by atoms with Crippen molar-refractivity contribution in [3.63, 3.8) is 0 Å². The normalized spacial score (nSPS) is 13.7. The molecule has 8 rings (SSSR count). The Morgan fingerprint density at radius 1 is 0.696 bits per heavy atom. The Balaban J connectivity index is 1.22. The second kappa shape index (κ2) is 12.8. The zero-order chi connectivity index (χ0) is 31.4. The Morgan fingerprint density at radius 3 is 2.02 bits per heavy atom. The Hall–Kier alpha value is -2.54. The summed E-state index contributed by atoms with van der Waals surface area (Å²) in [6, 6.07) is 22.0. The van der Waals surface area contributed by atoms with E-state index in [9.17, 15) is 0 Å². The van der Waals surface area contributed by atoms with Gasteiger partial charge < -0.3 is 0 Å². The number of thioether (sulfide) groups is 2. The van der Waals surface area contributed by atoms with E-state index in [1.165, 1.54) is 16.0 Å². The molecule has 0 bridgehead atoms. The summed E-state index contributed by atoms with van der Waals surface area (Å²) in [7, 11) is 0. The van der Waals surface area contributed by atoms with Crippen molar-refractivity contribution in [3.05, 3.63) is 114 Å². The number of rotatable bonds is 8. The Kier molecular flexibility index (Phi) is 8.57. The quantitative estimate of drug-likeness (QED) is 0.144. The fraction of sp³-hybridized carbons (Fsp3) is 0.188. The maximum Gasteiger partial charge on any atom is 0.245 e. The maximum absolute atomic E-state index is 6.32. The van der Waals surface area contributed by atoms with Crippen molar-refractivity contribution in [2.75, 3.05) is 6.54 Å². The minimum Gasteiger partial charge on any atom is -0.294 e. The number of halogens is 4. The lowest BCUT2D eigenvalue weighted by molar-refractivity contribution is 0.249. The number of nitrogens with zero attached hydrogens (tertiary/aromatic N) is 7. The van der Waals surface area contributed by atoms with Crippen molar-refractivity contribution in [1.82, 2.24) is 34.1 Å². The molecule has 1 aliphatic rings. The zero-order valence-corrected chi connectivity index (χ0v) is 29.4. The first-order valence-electron chi connectivity index (χ1n) is 14.4. The van der Waals surface area contributed by atoms with Crippen molar-refractivity contribution in [2.45, 2.75) is 41.3 Å². The molecule has 46 heavy (non-hydrogen) atoms. The summed E-state index contributed by atoms with van der Waals surface area (Å²) in [6.45, 7) is 2.75. The van der Waals surface area contributed by atoms with Gasteiger partial charge in [0.15, 0.2) is 16.0 Å². The molecule has 0 atom stereocenters.